The number of aromatic nitrogens is 2. The van der Waals surface area contributed by atoms with E-state index in [9.17, 15) is 0 Å². The Morgan fingerprint density at radius 1 is 1.42 bits per heavy atom. The summed E-state index contributed by atoms with van der Waals surface area (Å²) in [5.74, 6) is 2.33. The van der Waals surface area contributed by atoms with Crippen LogP contribution in [-0.4, -0.2) is 27.3 Å². The Kier molecular flexibility index (Phi) is 4.88. The van der Waals surface area contributed by atoms with Crippen LogP contribution in [0.5, 0.6) is 0 Å². The number of thioether (sulfide) groups is 1. The van der Waals surface area contributed by atoms with Gasteiger partial charge in [-0.05, 0) is 31.7 Å². The van der Waals surface area contributed by atoms with Crippen LogP contribution in [0.25, 0.3) is 10.9 Å². The highest BCUT2D eigenvalue weighted by molar-refractivity contribution is 7.99. The Labute approximate surface area is 119 Å². The number of rotatable bonds is 6. The largest absolute Gasteiger partial charge is 0.308 e. The molecule has 1 heterocycles. The molecule has 0 bridgehead atoms. The van der Waals surface area contributed by atoms with Gasteiger partial charge in [0.05, 0.1) is 11.2 Å². The standard InChI is InChI=1S/C15H23N3S/c1-5-19-10-12(3)16-9-14-13-8-11(2)6-7-15(13)18(4)17-14/h6-8,12,16H,5,9-10H2,1-4H3. The number of nitrogens with zero attached hydrogens (tertiary/aromatic N) is 2. The molecule has 2 rings (SSSR count). The molecule has 1 atom stereocenters. The Bertz CT molecular complexity index is 548. The highest BCUT2D eigenvalue weighted by Gasteiger charge is 2.09. The Morgan fingerprint density at radius 3 is 2.95 bits per heavy atom. The predicted molar refractivity (Wildman–Crippen MR) is 84.8 cm³/mol. The van der Waals surface area contributed by atoms with Crippen LogP contribution in [0.15, 0.2) is 18.2 Å². The Morgan fingerprint density at radius 2 is 2.21 bits per heavy atom. The van der Waals surface area contributed by atoms with Gasteiger partial charge in [0.25, 0.3) is 0 Å². The van der Waals surface area contributed by atoms with Crippen LogP contribution >= 0.6 is 11.8 Å². The van der Waals surface area contributed by atoms with Crippen molar-refractivity contribution in [2.24, 2.45) is 7.05 Å². The molecule has 2 aromatic rings. The first-order valence-electron chi connectivity index (χ1n) is 6.85. The molecule has 4 heteroatoms. The maximum Gasteiger partial charge on any atom is 0.0841 e. The third kappa shape index (κ3) is 3.51. The molecule has 3 nitrogen and oxygen atoms in total. The average molecular weight is 277 g/mol. The summed E-state index contributed by atoms with van der Waals surface area (Å²) in [6.07, 6.45) is 0. The number of aryl methyl sites for hydroxylation is 2. The van der Waals surface area contributed by atoms with Gasteiger partial charge in [0.2, 0.25) is 0 Å². The number of benzene rings is 1. The van der Waals surface area contributed by atoms with Gasteiger partial charge < -0.3 is 5.32 Å². The van der Waals surface area contributed by atoms with Crippen molar-refractivity contribution < 1.29 is 0 Å². The van der Waals surface area contributed by atoms with Gasteiger partial charge in [0.1, 0.15) is 0 Å². The lowest BCUT2D eigenvalue weighted by molar-refractivity contribution is 0.583. The monoisotopic (exact) mass is 277 g/mol. The van der Waals surface area contributed by atoms with Crippen LogP contribution in [0, 0.1) is 6.92 Å². The number of fused-ring (bicyclic) bond motifs is 1. The van der Waals surface area contributed by atoms with E-state index in [2.05, 4.69) is 49.4 Å². The van der Waals surface area contributed by atoms with E-state index in [4.69, 9.17) is 0 Å². The van der Waals surface area contributed by atoms with E-state index < -0.39 is 0 Å². The molecule has 0 saturated heterocycles. The van der Waals surface area contributed by atoms with E-state index in [1.165, 1.54) is 22.2 Å². The molecule has 0 fully saturated rings. The van der Waals surface area contributed by atoms with E-state index in [0.717, 1.165) is 18.0 Å². The first-order valence-corrected chi connectivity index (χ1v) is 8.00. The Balaban J connectivity index is 2.10. The van der Waals surface area contributed by atoms with E-state index in [0.29, 0.717) is 6.04 Å². The molecule has 0 radical (unpaired) electrons. The van der Waals surface area contributed by atoms with Crippen molar-refractivity contribution in [1.82, 2.24) is 15.1 Å². The van der Waals surface area contributed by atoms with Crippen LogP contribution in [0.4, 0.5) is 0 Å². The summed E-state index contributed by atoms with van der Waals surface area (Å²) >= 11 is 1.97. The third-order valence-corrected chi connectivity index (χ3v) is 4.42. The van der Waals surface area contributed by atoms with Gasteiger partial charge in [-0.3, -0.25) is 4.68 Å². The minimum absolute atomic E-state index is 0.520. The zero-order chi connectivity index (χ0) is 13.8. The lowest BCUT2D eigenvalue weighted by atomic mass is 10.1. The van der Waals surface area contributed by atoms with Gasteiger partial charge in [-0.1, -0.05) is 18.6 Å². The molecule has 1 aromatic carbocycles. The first kappa shape index (κ1) is 14.4. The second kappa shape index (κ2) is 6.44. The number of hydrogen-bond donors (Lipinski definition) is 1. The maximum absolute atomic E-state index is 4.63. The van der Waals surface area contributed by atoms with Crippen LogP contribution < -0.4 is 5.32 Å². The molecule has 1 aromatic heterocycles. The fraction of sp³-hybridized carbons (Fsp3) is 0.533. The van der Waals surface area contributed by atoms with E-state index in [-0.39, 0.29) is 0 Å². The zero-order valence-electron chi connectivity index (χ0n) is 12.2. The molecule has 0 aliphatic carbocycles. The van der Waals surface area contributed by atoms with Gasteiger partial charge in [0, 0.05) is 30.8 Å². The second-order valence-corrected chi connectivity index (χ2v) is 6.35. The van der Waals surface area contributed by atoms with Crippen LogP contribution in [0.3, 0.4) is 0 Å². The van der Waals surface area contributed by atoms with Gasteiger partial charge in [-0.2, -0.15) is 16.9 Å². The summed E-state index contributed by atoms with van der Waals surface area (Å²) in [5, 5.41) is 9.46. The number of nitrogens with one attached hydrogen (secondary N) is 1. The lowest BCUT2D eigenvalue weighted by Crippen LogP contribution is -2.28. The summed E-state index contributed by atoms with van der Waals surface area (Å²) in [5.41, 5.74) is 3.64. The van der Waals surface area contributed by atoms with Gasteiger partial charge in [0.15, 0.2) is 0 Å². The zero-order valence-corrected chi connectivity index (χ0v) is 13.0. The van der Waals surface area contributed by atoms with Crippen molar-refractivity contribution in [3.63, 3.8) is 0 Å². The molecular formula is C15H23N3S. The van der Waals surface area contributed by atoms with E-state index in [1.54, 1.807) is 0 Å². The lowest BCUT2D eigenvalue weighted by Gasteiger charge is -2.11. The fourth-order valence-electron chi connectivity index (χ4n) is 2.21. The normalized spacial score (nSPS) is 13.1. The quantitative estimate of drug-likeness (QED) is 0.880. The first-order chi connectivity index (χ1) is 9.11. The van der Waals surface area contributed by atoms with E-state index in [1.807, 2.05) is 23.5 Å². The SMILES string of the molecule is CCSCC(C)NCc1nn(C)c2ccc(C)cc12. The van der Waals surface area contributed by atoms with Crippen molar-refractivity contribution in [2.45, 2.75) is 33.4 Å². The van der Waals surface area contributed by atoms with Crippen LogP contribution in [-0.2, 0) is 13.6 Å². The predicted octanol–water partition coefficient (Wildman–Crippen LogP) is 3.11. The third-order valence-electron chi connectivity index (χ3n) is 3.27. The minimum atomic E-state index is 0.520. The van der Waals surface area contributed by atoms with E-state index >= 15 is 0 Å². The van der Waals surface area contributed by atoms with Crippen molar-refractivity contribution in [1.29, 1.82) is 0 Å². The van der Waals surface area contributed by atoms with Crippen molar-refractivity contribution >= 4 is 22.7 Å². The summed E-state index contributed by atoms with van der Waals surface area (Å²) in [6, 6.07) is 7.04. The molecule has 0 saturated carbocycles. The van der Waals surface area contributed by atoms with Gasteiger partial charge in [-0.25, -0.2) is 0 Å². The topological polar surface area (TPSA) is 29.9 Å². The summed E-state index contributed by atoms with van der Waals surface area (Å²) < 4.78 is 1.97. The molecule has 0 amide bonds. The maximum atomic E-state index is 4.63. The fourth-order valence-corrected chi connectivity index (χ4v) is 2.91. The smallest absolute Gasteiger partial charge is 0.0841 e. The summed E-state index contributed by atoms with van der Waals surface area (Å²) in [7, 11) is 2.01. The van der Waals surface area contributed by atoms with Crippen molar-refractivity contribution in [3.8, 4) is 0 Å². The van der Waals surface area contributed by atoms with Gasteiger partial charge in [-0.15, -0.1) is 0 Å². The molecule has 1 N–H and O–H groups in total. The Hall–Kier alpha value is -1.00. The molecule has 0 aliphatic heterocycles. The van der Waals surface area contributed by atoms with Crippen molar-refractivity contribution in [2.75, 3.05) is 11.5 Å². The van der Waals surface area contributed by atoms with Gasteiger partial charge >= 0.3 is 0 Å². The summed E-state index contributed by atoms with van der Waals surface area (Å²) in [6.45, 7) is 7.40. The molecule has 0 spiro atoms. The molecular weight excluding hydrogens is 254 g/mol. The molecule has 1 unspecified atom stereocenters. The van der Waals surface area contributed by atoms with Crippen molar-refractivity contribution in [3.05, 3.63) is 29.5 Å². The minimum Gasteiger partial charge on any atom is -0.308 e. The van der Waals surface area contributed by atoms with Crippen LogP contribution in [0.1, 0.15) is 25.1 Å². The number of hydrogen-bond acceptors (Lipinski definition) is 3. The second-order valence-electron chi connectivity index (χ2n) is 5.03. The molecule has 0 aliphatic rings. The highest BCUT2D eigenvalue weighted by atomic mass is 32.2. The molecule has 104 valence electrons. The van der Waals surface area contributed by atoms with Crippen LogP contribution in [0.2, 0.25) is 0 Å². The highest BCUT2D eigenvalue weighted by Crippen LogP contribution is 2.19. The summed E-state index contributed by atoms with van der Waals surface area (Å²) in [4.78, 5) is 0. The average Bonchev–Trinajstić information content (AvgIpc) is 2.70. The molecule has 19 heavy (non-hydrogen) atoms.